The quantitative estimate of drug-likeness (QED) is 0.356. The van der Waals surface area contributed by atoms with Crippen molar-refractivity contribution in [3.63, 3.8) is 0 Å². The number of halogens is 3. The van der Waals surface area contributed by atoms with Gasteiger partial charge in [-0.25, -0.2) is 18.8 Å². The molecule has 0 amide bonds. The van der Waals surface area contributed by atoms with Gasteiger partial charge in [-0.1, -0.05) is 5.92 Å². The van der Waals surface area contributed by atoms with Crippen LogP contribution in [0.5, 0.6) is 5.88 Å². The van der Waals surface area contributed by atoms with Crippen molar-refractivity contribution < 1.29 is 13.5 Å². The molecule has 27 heavy (non-hydrogen) atoms. The first-order chi connectivity index (χ1) is 12.7. The highest BCUT2D eigenvalue weighted by molar-refractivity contribution is 9.10. The molecule has 0 aliphatic carbocycles. The summed E-state index contributed by atoms with van der Waals surface area (Å²) >= 11 is 3.41. The second-order valence-electron chi connectivity index (χ2n) is 6.10. The lowest BCUT2D eigenvalue weighted by Crippen LogP contribution is -2.25. The molecule has 4 nitrogen and oxygen atoms in total. The lowest BCUT2D eigenvalue weighted by Gasteiger charge is -2.18. The first kappa shape index (κ1) is 20.8. The van der Waals surface area contributed by atoms with Gasteiger partial charge in [0.25, 0.3) is 0 Å². The summed E-state index contributed by atoms with van der Waals surface area (Å²) in [6.45, 7) is 5.38. The first-order valence-electron chi connectivity index (χ1n) is 8.23. The number of rotatable bonds is 6. The number of benzene rings is 1. The molecule has 0 bridgehead atoms. The van der Waals surface area contributed by atoms with Gasteiger partial charge in [-0.3, -0.25) is 0 Å². The van der Waals surface area contributed by atoms with E-state index in [1.165, 1.54) is 12.1 Å². The van der Waals surface area contributed by atoms with Crippen molar-refractivity contribution in [2.45, 2.75) is 32.9 Å². The average molecular weight is 436 g/mol. The zero-order valence-corrected chi connectivity index (χ0v) is 17.1. The van der Waals surface area contributed by atoms with Crippen molar-refractivity contribution in [1.29, 1.82) is 0 Å². The smallest absolute Gasteiger partial charge is 0.228 e. The van der Waals surface area contributed by atoms with E-state index in [9.17, 15) is 8.78 Å². The predicted octanol–water partition coefficient (Wildman–Crippen LogP) is 5.18. The molecular weight excluding hydrogens is 416 g/mol. The molecule has 1 aromatic heterocycles. The van der Waals surface area contributed by atoms with Gasteiger partial charge in [0.1, 0.15) is 17.7 Å². The molecule has 2 aromatic rings. The summed E-state index contributed by atoms with van der Waals surface area (Å²) in [5.74, 6) is 1.62. The van der Waals surface area contributed by atoms with Crippen molar-refractivity contribution >= 4 is 28.0 Å². The fourth-order valence-corrected chi connectivity index (χ4v) is 2.58. The zero-order valence-electron chi connectivity index (χ0n) is 15.5. The van der Waals surface area contributed by atoms with Gasteiger partial charge in [-0.05, 0) is 60.5 Å². The molecule has 2 rings (SSSR count). The van der Waals surface area contributed by atoms with Crippen molar-refractivity contribution in [3.8, 4) is 18.2 Å². The topological polar surface area (TPSA) is 37.7 Å². The Morgan fingerprint density at radius 3 is 2.48 bits per heavy atom. The summed E-state index contributed by atoms with van der Waals surface area (Å²) in [7, 11) is 1.84. The Bertz CT molecular complexity index is 875. The van der Waals surface area contributed by atoms with Crippen LogP contribution in [0.25, 0.3) is 0 Å². The fraction of sp³-hybridized carbons (Fsp3) is 0.300. The van der Waals surface area contributed by atoms with Crippen LogP contribution < -0.4 is 4.74 Å². The number of hydrogen-bond donors (Lipinski definition) is 0. The first-order valence-corrected chi connectivity index (χ1v) is 9.02. The molecule has 2 unspecified atom stereocenters. The maximum Gasteiger partial charge on any atom is 0.228 e. The summed E-state index contributed by atoms with van der Waals surface area (Å²) in [6.07, 6.45) is 6.44. The van der Waals surface area contributed by atoms with Crippen LogP contribution in [0.2, 0.25) is 0 Å². The second-order valence-corrected chi connectivity index (χ2v) is 6.95. The minimum Gasteiger partial charge on any atom is -0.469 e. The molecule has 142 valence electrons. The molecule has 0 radical (unpaired) electrons. The van der Waals surface area contributed by atoms with Gasteiger partial charge >= 0.3 is 0 Å². The molecule has 0 saturated carbocycles. The molecule has 2 atom stereocenters. The van der Waals surface area contributed by atoms with E-state index in [2.05, 4.69) is 31.8 Å². The lowest BCUT2D eigenvalue weighted by atomic mass is 10.1. The van der Waals surface area contributed by atoms with E-state index in [-0.39, 0.29) is 6.04 Å². The van der Waals surface area contributed by atoms with E-state index in [4.69, 9.17) is 11.2 Å². The van der Waals surface area contributed by atoms with Crippen LogP contribution in [0.1, 0.15) is 31.2 Å². The van der Waals surface area contributed by atoms with Crippen LogP contribution in [0.3, 0.4) is 0 Å². The van der Waals surface area contributed by atoms with Gasteiger partial charge < -0.3 is 9.64 Å². The number of ether oxygens (including phenoxy) is 1. The van der Waals surface area contributed by atoms with Gasteiger partial charge in [0.15, 0.2) is 0 Å². The molecule has 0 spiro atoms. The van der Waals surface area contributed by atoms with E-state index < -0.39 is 17.7 Å². The SMILES string of the molecule is C#CC(C)N(C)C=Nc1cc(Br)c(OC(C)c2cc(F)cc(F)c2)nc1C. The predicted molar refractivity (Wildman–Crippen MR) is 106 cm³/mol. The molecule has 7 heteroatoms. The number of aryl methyl sites for hydroxylation is 1. The van der Waals surface area contributed by atoms with Gasteiger partial charge in [-0.2, -0.15) is 0 Å². The molecule has 0 aliphatic rings. The van der Waals surface area contributed by atoms with Crippen LogP contribution in [-0.4, -0.2) is 29.3 Å². The zero-order chi connectivity index (χ0) is 20.1. The van der Waals surface area contributed by atoms with Gasteiger partial charge in [-0.15, -0.1) is 6.42 Å². The van der Waals surface area contributed by atoms with E-state index >= 15 is 0 Å². The summed E-state index contributed by atoms with van der Waals surface area (Å²) < 4.78 is 33.2. The van der Waals surface area contributed by atoms with Gasteiger partial charge in [0.2, 0.25) is 5.88 Å². The Balaban J connectivity index is 2.21. The summed E-state index contributed by atoms with van der Waals surface area (Å²) in [5.41, 5.74) is 1.67. The van der Waals surface area contributed by atoms with Crippen LogP contribution in [0.4, 0.5) is 14.5 Å². The van der Waals surface area contributed by atoms with Crippen LogP contribution in [0.15, 0.2) is 33.7 Å². The van der Waals surface area contributed by atoms with Gasteiger partial charge in [0, 0.05) is 13.1 Å². The third-order valence-corrected chi connectivity index (χ3v) is 4.55. The van der Waals surface area contributed by atoms with E-state index in [1.807, 2.05) is 14.0 Å². The third-order valence-electron chi connectivity index (χ3n) is 3.98. The van der Waals surface area contributed by atoms with E-state index in [0.29, 0.717) is 27.3 Å². The van der Waals surface area contributed by atoms with E-state index in [0.717, 1.165) is 6.07 Å². The highest BCUT2D eigenvalue weighted by atomic mass is 79.9. The standard InChI is InChI=1S/C20H20BrF2N3O/c1-6-12(2)26(5)11-24-19-10-18(21)20(25-13(19)3)27-14(4)15-7-16(22)9-17(23)8-15/h1,7-12,14H,2-5H3. The Hall–Kier alpha value is -2.46. The maximum atomic E-state index is 13.4. The van der Waals surface area contributed by atoms with Crippen LogP contribution in [-0.2, 0) is 0 Å². The number of terminal acetylenes is 1. The summed E-state index contributed by atoms with van der Waals surface area (Å²) in [5, 5.41) is 0. The molecule has 0 N–H and O–H groups in total. The molecular formula is C20H20BrF2N3O. The van der Waals surface area contributed by atoms with Crippen LogP contribution in [0, 0.1) is 30.9 Å². The number of nitrogens with zero attached hydrogens (tertiary/aromatic N) is 3. The van der Waals surface area contributed by atoms with Crippen molar-refractivity contribution in [2.24, 2.45) is 4.99 Å². The Morgan fingerprint density at radius 2 is 1.89 bits per heavy atom. The summed E-state index contributed by atoms with van der Waals surface area (Å²) in [4.78, 5) is 10.6. The Kier molecular flexibility index (Phi) is 6.92. The summed E-state index contributed by atoms with van der Waals surface area (Å²) in [6, 6.07) is 4.96. The average Bonchev–Trinajstić information content (AvgIpc) is 2.61. The third kappa shape index (κ3) is 5.51. The molecule has 1 aromatic carbocycles. The van der Waals surface area contributed by atoms with Crippen molar-refractivity contribution in [2.75, 3.05) is 7.05 Å². The number of aliphatic imine (C=N–C) groups is 1. The normalized spacial score (nSPS) is 13.3. The van der Waals surface area contributed by atoms with E-state index in [1.54, 1.807) is 31.2 Å². The minimum atomic E-state index is -0.654. The van der Waals surface area contributed by atoms with Crippen molar-refractivity contribution in [3.05, 3.63) is 51.6 Å². The minimum absolute atomic E-state index is 0.0828. The maximum absolute atomic E-state index is 13.4. The number of aromatic nitrogens is 1. The Morgan fingerprint density at radius 1 is 1.26 bits per heavy atom. The molecule has 0 aliphatic heterocycles. The molecule has 0 saturated heterocycles. The number of hydrogen-bond acceptors (Lipinski definition) is 3. The molecule has 0 fully saturated rings. The molecule has 1 heterocycles. The largest absolute Gasteiger partial charge is 0.469 e. The highest BCUT2D eigenvalue weighted by Crippen LogP contribution is 2.32. The van der Waals surface area contributed by atoms with Crippen LogP contribution >= 0.6 is 15.9 Å². The monoisotopic (exact) mass is 435 g/mol. The Labute approximate surface area is 166 Å². The van der Waals surface area contributed by atoms with Crippen molar-refractivity contribution in [1.82, 2.24) is 9.88 Å². The second kappa shape index (κ2) is 8.96. The highest BCUT2D eigenvalue weighted by Gasteiger charge is 2.15. The fourth-order valence-electron chi connectivity index (χ4n) is 2.18. The number of pyridine rings is 1. The van der Waals surface area contributed by atoms with Gasteiger partial charge in [0.05, 0.1) is 28.2 Å². The lowest BCUT2D eigenvalue weighted by molar-refractivity contribution is 0.214.